The Balaban J connectivity index is 2.70. The van der Waals surface area contributed by atoms with Crippen LogP contribution in [0.1, 0.15) is 5.56 Å². The fourth-order valence-electron chi connectivity index (χ4n) is 1.82. The third kappa shape index (κ3) is 3.39. The topological polar surface area (TPSA) is 9.23 Å². The number of rotatable bonds is 2. The van der Waals surface area contributed by atoms with Crippen molar-refractivity contribution in [2.24, 2.45) is 0 Å². The highest BCUT2D eigenvalue weighted by Crippen LogP contribution is 2.42. The number of alkyl halides is 3. The molecule has 2 aromatic carbocycles. The largest absolute Gasteiger partial charge is 0.496 e. The van der Waals surface area contributed by atoms with Gasteiger partial charge in [0.2, 0.25) is 0 Å². The average molecular weight is 356 g/mol. The van der Waals surface area contributed by atoms with Crippen LogP contribution in [0.4, 0.5) is 13.2 Å². The molecule has 1 nitrogen and oxygen atoms in total. The van der Waals surface area contributed by atoms with Gasteiger partial charge in [0.05, 0.1) is 27.7 Å². The van der Waals surface area contributed by atoms with Gasteiger partial charge in [-0.1, -0.05) is 34.8 Å². The van der Waals surface area contributed by atoms with Gasteiger partial charge in [-0.05, 0) is 30.3 Å². The first-order valence-electron chi connectivity index (χ1n) is 5.64. The van der Waals surface area contributed by atoms with Crippen molar-refractivity contribution in [3.63, 3.8) is 0 Å². The van der Waals surface area contributed by atoms with Crippen LogP contribution in [0.25, 0.3) is 11.1 Å². The van der Waals surface area contributed by atoms with Gasteiger partial charge in [-0.15, -0.1) is 0 Å². The van der Waals surface area contributed by atoms with Gasteiger partial charge in [0.25, 0.3) is 0 Å². The van der Waals surface area contributed by atoms with E-state index in [1.54, 1.807) is 0 Å². The van der Waals surface area contributed by atoms with Gasteiger partial charge >= 0.3 is 6.18 Å². The van der Waals surface area contributed by atoms with Crippen molar-refractivity contribution in [2.45, 2.75) is 6.18 Å². The number of hydrogen-bond donors (Lipinski definition) is 0. The molecule has 0 saturated carbocycles. The summed E-state index contributed by atoms with van der Waals surface area (Å²) in [6, 6.07) is 5.92. The van der Waals surface area contributed by atoms with Crippen LogP contribution < -0.4 is 4.74 Å². The number of ether oxygens (including phenoxy) is 1. The van der Waals surface area contributed by atoms with Crippen LogP contribution in [0, 0.1) is 0 Å². The predicted octanol–water partition coefficient (Wildman–Crippen LogP) is 6.34. The zero-order chi connectivity index (χ0) is 15.8. The van der Waals surface area contributed by atoms with Crippen molar-refractivity contribution in [1.82, 2.24) is 0 Å². The molecular weight excluding hydrogens is 348 g/mol. The Morgan fingerprint density at radius 2 is 1.48 bits per heavy atom. The molecule has 0 saturated heterocycles. The molecule has 0 amide bonds. The number of hydrogen-bond acceptors (Lipinski definition) is 1. The van der Waals surface area contributed by atoms with Crippen molar-refractivity contribution in [2.75, 3.05) is 7.11 Å². The van der Waals surface area contributed by atoms with E-state index in [1.165, 1.54) is 25.3 Å². The normalized spacial score (nSPS) is 11.6. The third-order valence-electron chi connectivity index (χ3n) is 2.83. The first-order chi connectivity index (χ1) is 9.74. The SMILES string of the molecule is COc1ccc(C(F)(F)F)cc1-c1cc(Cl)c(Cl)cc1Cl. The second kappa shape index (κ2) is 5.95. The van der Waals surface area contributed by atoms with Crippen LogP contribution >= 0.6 is 34.8 Å². The Labute approximate surface area is 134 Å². The second-order valence-corrected chi connectivity index (χ2v) is 5.38. The third-order valence-corrected chi connectivity index (χ3v) is 3.86. The van der Waals surface area contributed by atoms with E-state index < -0.39 is 11.7 Å². The van der Waals surface area contributed by atoms with Gasteiger partial charge in [-0.25, -0.2) is 0 Å². The molecule has 21 heavy (non-hydrogen) atoms. The molecule has 0 aliphatic carbocycles. The molecule has 0 heterocycles. The van der Waals surface area contributed by atoms with Crippen molar-refractivity contribution >= 4 is 34.8 Å². The van der Waals surface area contributed by atoms with E-state index >= 15 is 0 Å². The molecule has 2 aromatic rings. The standard InChI is InChI=1S/C14H8Cl3F3O/c1-21-13-3-2-7(14(18,19)20)4-9(13)8-5-11(16)12(17)6-10(8)15/h2-6H,1H3. The summed E-state index contributed by atoms with van der Waals surface area (Å²) in [6.45, 7) is 0. The average Bonchev–Trinajstić information content (AvgIpc) is 2.41. The summed E-state index contributed by atoms with van der Waals surface area (Å²) >= 11 is 17.8. The Hall–Kier alpha value is -1.10. The molecule has 0 unspecified atom stereocenters. The summed E-state index contributed by atoms with van der Waals surface area (Å²) in [5.74, 6) is 0.253. The molecule has 0 bridgehead atoms. The number of halogens is 6. The maximum atomic E-state index is 12.8. The van der Waals surface area contributed by atoms with Gasteiger partial charge in [0, 0.05) is 11.1 Å². The highest BCUT2D eigenvalue weighted by atomic mass is 35.5. The summed E-state index contributed by atoms with van der Waals surface area (Å²) in [6.07, 6.45) is -4.47. The van der Waals surface area contributed by atoms with E-state index in [4.69, 9.17) is 39.5 Å². The van der Waals surface area contributed by atoms with E-state index in [2.05, 4.69) is 0 Å². The molecular formula is C14H8Cl3F3O. The summed E-state index contributed by atoms with van der Waals surface area (Å²) in [5.41, 5.74) is -0.301. The Morgan fingerprint density at radius 1 is 0.857 bits per heavy atom. The molecule has 7 heteroatoms. The van der Waals surface area contributed by atoms with Crippen LogP contribution in [0.3, 0.4) is 0 Å². The second-order valence-electron chi connectivity index (χ2n) is 4.16. The van der Waals surface area contributed by atoms with Gasteiger partial charge in [-0.3, -0.25) is 0 Å². The minimum atomic E-state index is -4.47. The molecule has 0 aromatic heterocycles. The van der Waals surface area contributed by atoms with E-state index in [-0.39, 0.29) is 26.4 Å². The lowest BCUT2D eigenvalue weighted by atomic mass is 10.0. The Morgan fingerprint density at radius 3 is 2.05 bits per heavy atom. The van der Waals surface area contributed by atoms with E-state index in [0.29, 0.717) is 5.56 Å². The van der Waals surface area contributed by atoms with Crippen LogP contribution in [0.15, 0.2) is 30.3 Å². The van der Waals surface area contributed by atoms with Gasteiger partial charge in [0.15, 0.2) is 0 Å². The fourth-order valence-corrected chi connectivity index (χ4v) is 2.47. The maximum Gasteiger partial charge on any atom is 0.416 e. The predicted molar refractivity (Wildman–Crippen MR) is 78.5 cm³/mol. The van der Waals surface area contributed by atoms with E-state index in [0.717, 1.165) is 12.1 Å². The first kappa shape index (κ1) is 16.3. The van der Waals surface area contributed by atoms with Crippen LogP contribution in [0.2, 0.25) is 15.1 Å². The highest BCUT2D eigenvalue weighted by molar-refractivity contribution is 6.44. The minimum Gasteiger partial charge on any atom is -0.496 e. The molecule has 2 rings (SSSR count). The van der Waals surface area contributed by atoms with E-state index in [1.807, 2.05) is 0 Å². The first-order valence-corrected chi connectivity index (χ1v) is 6.77. The quantitative estimate of drug-likeness (QED) is 0.571. The fraction of sp³-hybridized carbons (Fsp3) is 0.143. The summed E-state index contributed by atoms with van der Waals surface area (Å²) in [7, 11) is 1.36. The molecule has 0 spiro atoms. The number of benzene rings is 2. The molecule has 0 fully saturated rings. The zero-order valence-corrected chi connectivity index (χ0v) is 12.8. The zero-order valence-electron chi connectivity index (χ0n) is 10.6. The summed E-state index contributed by atoms with van der Waals surface area (Å²) in [5, 5.41) is 0.592. The monoisotopic (exact) mass is 354 g/mol. The lowest BCUT2D eigenvalue weighted by Crippen LogP contribution is -2.05. The van der Waals surface area contributed by atoms with Gasteiger partial charge < -0.3 is 4.74 Å². The summed E-state index contributed by atoms with van der Waals surface area (Å²) in [4.78, 5) is 0. The molecule has 0 aliphatic rings. The molecule has 0 radical (unpaired) electrons. The Bertz CT molecular complexity index is 684. The smallest absolute Gasteiger partial charge is 0.416 e. The lowest BCUT2D eigenvalue weighted by molar-refractivity contribution is -0.137. The highest BCUT2D eigenvalue weighted by Gasteiger charge is 2.31. The van der Waals surface area contributed by atoms with Gasteiger partial charge in [-0.2, -0.15) is 13.2 Å². The molecule has 0 atom stereocenters. The number of methoxy groups -OCH3 is 1. The van der Waals surface area contributed by atoms with Crippen molar-refractivity contribution in [3.8, 4) is 16.9 Å². The molecule has 112 valence electrons. The van der Waals surface area contributed by atoms with Gasteiger partial charge in [0.1, 0.15) is 5.75 Å². The minimum absolute atomic E-state index is 0.182. The molecule has 0 N–H and O–H groups in total. The van der Waals surface area contributed by atoms with Crippen molar-refractivity contribution < 1.29 is 17.9 Å². The molecule has 0 aliphatic heterocycles. The van der Waals surface area contributed by atoms with Crippen LogP contribution in [-0.4, -0.2) is 7.11 Å². The summed E-state index contributed by atoms with van der Waals surface area (Å²) < 4.78 is 43.6. The Kier molecular flexibility index (Phi) is 4.61. The maximum absolute atomic E-state index is 12.8. The van der Waals surface area contributed by atoms with E-state index in [9.17, 15) is 13.2 Å². The lowest BCUT2D eigenvalue weighted by Gasteiger charge is -2.14. The van der Waals surface area contributed by atoms with Crippen molar-refractivity contribution in [3.05, 3.63) is 51.0 Å². The van der Waals surface area contributed by atoms with Crippen LogP contribution in [0.5, 0.6) is 5.75 Å². The van der Waals surface area contributed by atoms with Crippen LogP contribution in [-0.2, 0) is 6.18 Å². The van der Waals surface area contributed by atoms with Crippen molar-refractivity contribution in [1.29, 1.82) is 0 Å².